The van der Waals surface area contributed by atoms with Gasteiger partial charge in [-0.05, 0) is 32.0 Å². The molecule has 0 heterocycles. The summed E-state index contributed by atoms with van der Waals surface area (Å²) in [6.45, 7) is 3.22. The first-order valence-corrected chi connectivity index (χ1v) is 7.18. The van der Waals surface area contributed by atoms with Crippen molar-refractivity contribution in [1.29, 1.82) is 10.5 Å². The largest absolute Gasteiger partial charge is 0.242 e. The van der Waals surface area contributed by atoms with Crippen LogP contribution in [0.5, 0.6) is 0 Å². The van der Waals surface area contributed by atoms with Gasteiger partial charge in [0.2, 0.25) is 10.0 Å². The maximum absolute atomic E-state index is 12.0. The Hall–Kier alpha value is -1.60. The maximum Gasteiger partial charge on any atom is 0.242 e. The molecule has 1 aromatic carbocycles. The van der Waals surface area contributed by atoms with Crippen molar-refractivity contribution >= 4 is 21.6 Å². The molecule has 0 aliphatic heterocycles. The molecule has 1 N–H and O–H groups in total. The number of nitrogens with zero attached hydrogens (tertiary/aromatic N) is 2. The summed E-state index contributed by atoms with van der Waals surface area (Å²) < 4.78 is 26.4. The molecule has 0 radical (unpaired) electrons. The molecule has 0 saturated carbocycles. The summed E-state index contributed by atoms with van der Waals surface area (Å²) in [5.74, 6) is 0. The minimum Gasteiger partial charge on any atom is -0.210 e. The minimum absolute atomic E-state index is 0.0256. The van der Waals surface area contributed by atoms with Gasteiger partial charge in [-0.25, -0.2) is 13.1 Å². The summed E-state index contributed by atoms with van der Waals surface area (Å²) in [7, 11) is -3.80. The highest BCUT2D eigenvalue weighted by Gasteiger charge is 2.23. The Kier molecular flexibility index (Phi) is 4.54. The number of hydrogen-bond donors (Lipinski definition) is 1. The highest BCUT2D eigenvalue weighted by atomic mass is 35.5. The molecule has 0 bridgehead atoms. The Morgan fingerprint density at radius 1 is 1.37 bits per heavy atom. The van der Waals surface area contributed by atoms with Gasteiger partial charge in [-0.15, -0.1) is 0 Å². The Bertz CT molecular complexity index is 669. The molecular weight excluding hydrogens is 286 g/mol. The molecule has 1 rings (SSSR count). The van der Waals surface area contributed by atoms with Crippen LogP contribution in [0.1, 0.15) is 19.4 Å². The molecule has 0 aliphatic rings. The molecule has 1 aromatic rings. The molecule has 0 amide bonds. The average molecular weight is 298 g/mol. The van der Waals surface area contributed by atoms with Crippen LogP contribution in [0.3, 0.4) is 0 Å². The normalized spacial score (nSPS) is 11.6. The molecule has 0 aromatic heterocycles. The molecular formula is C12H12ClN3O2S. The van der Waals surface area contributed by atoms with Crippen molar-refractivity contribution in [3.05, 3.63) is 28.8 Å². The van der Waals surface area contributed by atoms with E-state index in [2.05, 4.69) is 4.72 Å². The van der Waals surface area contributed by atoms with E-state index in [-0.39, 0.29) is 22.0 Å². The standard InChI is InChI=1S/C12H12ClN3O2S/c1-12(2,7-15)8-16-19(17,18)11-4-3-9(6-14)5-10(11)13/h3-5,16H,8H2,1-2H3. The Balaban J connectivity index is 3.03. The van der Waals surface area contributed by atoms with Crippen LogP contribution in [0, 0.1) is 28.1 Å². The SMILES string of the molecule is CC(C)(C#N)CNS(=O)(=O)c1ccc(C#N)cc1Cl. The van der Waals surface area contributed by atoms with Gasteiger partial charge in [0.25, 0.3) is 0 Å². The molecule has 0 spiro atoms. The van der Waals surface area contributed by atoms with E-state index in [1.54, 1.807) is 13.8 Å². The van der Waals surface area contributed by atoms with Gasteiger partial charge in [0, 0.05) is 6.54 Å². The number of nitriles is 2. The molecule has 0 unspecified atom stereocenters. The first-order valence-electron chi connectivity index (χ1n) is 5.32. The zero-order valence-corrected chi connectivity index (χ0v) is 12.0. The van der Waals surface area contributed by atoms with Crippen molar-refractivity contribution in [3.63, 3.8) is 0 Å². The summed E-state index contributed by atoms with van der Waals surface area (Å²) in [5.41, 5.74) is -0.534. The summed E-state index contributed by atoms with van der Waals surface area (Å²) >= 11 is 5.84. The lowest BCUT2D eigenvalue weighted by Gasteiger charge is -2.16. The van der Waals surface area contributed by atoms with Crippen molar-refractivity contribution in [2.45, 2.75) is 18.7 Å². The third-order valence-corrected chi connectivity index (χ3v) is 4.24. The smallest absolute Gasteiger partial charge is 0.210 e. The Labute approximate surface area is 117 Å². The Morgan fingerprint density at radius 3 is 2.47 bits per heavy atom. The van der Waals surface area contributed by atoms with E-state index >= 15 is 0 Å². The molecule has 5 nitrogen and oxygen atoms in total. The van der Waals surface area contributed by atoms with Crippen LogP contribution in [0.15, 0.2) is 23.1 Å². The number of sulfonamides is 1. The molecule has 7 heteroatoms. The van der Waals surface area contributed by atoms with Crippen molar-refractivity contribution in [1.82, 2.24) is 4.72 Å². The van der Waals surface area contributed by atoms with Gasteiger partial charge in [0.15, 0.2) is 0 Å². The van der Waals surface area contributed by atoms with Gasteiger partial charge in [-0.3, -0.25) is 0 Å². The number of rotatable bonds is 4. The third-order valence-electron chi connectivity index (χ3n) is 2.36. The summed E-state index contributed by atoms with van der Waals surface area (Å²) in [6, 6.07) is 7.78. The topological polar surface area (TPSA) is 93.8 Å². The maximum atomic E-state index is 12.0. The molecule has 0 saturated heterocycles. The average Bonchev–Trinajstić information content (AvgIpc) is 2.36. The zero-order valence-electron chi connectivity index (χ0n) is 10.4. The zero-order chi connectivity index (χ0) is 14.7. The predicted octanol–water partition coefficient (Wildman–Crippen LogP) is 2.04. The van der Waals surface area contributed by atoms with E-state index in [0.717, 1.165) is 0 Å². The summed E-state index contributed by atoms with van der Waals surface area (Å²) in [6.07, 6.45) is 0. The minimum atomic E-state index is -3.80. The van der Waals surface area contributed by atoms with Crippen molar-refractivity contribution in [3.8, 4) is 12.1 Å². The molecule has 19 heavy (non-hydrogen) atoms. The fourth-order valence-corrected chi connectivity index (χ4v) is 2.94. The number of benzene rings is 1. The summed E-state index contributed by atoms with van der Waals surface area (Å²) in [5, 5.41) is 17.5. The van der Waals surface area contributed by atoms with Gasteiger partial charge in [0.05, 0.1) is 28.1 Å². The van der Waals surface area contributed by atoms with Crippen LogP contribution in [-0.4, -0.2) is 15.0 Å². The van der Waals surface area contributed by atoms with E-state index in [0.29, 0.717) is 0 Å². The fraction of sp³-hybridized carbons (Fsp3) is 0.333. The molecule has 0 aliphatic carbocycles. The van der Waals surface area contributed by atoms with Crippen LogP contribution < -0.4 is 4.72 Å². The number of nitrogens with one attached hydrogen (secondary N) is 1. The quantitative estimate of drug-likeness (QED) is 0.920. The lowest BCUT2D eigenvalue weighted by molar-refractivity contribution is 0.479. The van der Waals surface area contributed by atoms with Gasteiger partial charge in [-0.2, -0.15) is 10.5 Å². The van der Waals surface area contributed by atoms with E-state index in [9.17, 15) is 8.42 Å². The van der Waals surface area contributed by atoms with Gasteiger partial charge < -0.3 is 0 Å². The second-order valence-electron chi connectivity index (χ2n) is 4.58. The van der Waals surface area contributed by atoms with Crippen molar-refractivity contribution in [2.24, 2.45) is 5.41 Å². The van der Waals surface area contributed by atoms with Crippen LogP contribution >= 0.6 is 11.6 Å². The fourth-order valence-electron chi connectivity index (χ4n) is 1.18. The monoisotopic (exact) mass is 297 g/mol. The first-order chi connectivity index (χ1) is 8.72. The number of hydrogen-bond acceptors (Lipinski definition) is 4. The van der Waals surface area contributed by atoms with Crippen LogP contribution in [0.4, 0.5) is 0 Å². The molecule has 0 fully saturated rings. The second kappa shape index (κ2) is 5.58. The lowest BCUT2D eigenvalue weighted by atomic mass is 9.97. The van der Waals surface area contributed by atoms with E-state index in [4.69, 9.17) is 22.1 Å². The lowest BCUT2D eigenvalue weighted by Crippen LogP contribution is -2.33. The van der Waals surface area contributed by atoms with Gasteiger partial charge >= 0.3 is 0 Å². The van der Waals surface area contributed by atoms with E-state index in [1.807, 2.05) is 12.1 Å². The van der Waals surface area contributed by atoms with Gasteiger partial charge in [0.1, 0.15) is 4.90 Å². The first kappa shape index (κ1) is 15.5. The van der Waals surface area contributed by atoms with Crippen LogP contribution in [0.2, 0.25) is 5.02 Å². The van der Waals surface area contributed by atoms with Crippen molar-refractivity contribution in [2.75, 3.05) is 6.54 Å². The van der Waals surface area contributed by atoms with Crippen LogP contribution in [-0.2, 0) is 10.0 Å². The second-order valence-corrected chi connectivity index (χ2v) is 6.72. The van der Waals surface area contributed by atoms with Crippen molar-refractivity contribution < 1.29 is 8.42 Å². The van der Waals surface area contributed by atoms with Gasteiger partial charge in [-0.1, -0.05) is 11.6 Å². The number of halogens is 1. The predicted molar refractivity (Wildman–Crippen MR) is 70.7 cm³/mol. The molecule has 100 valence electrons. The third kappa shape index (κ3) is 3.93. The summed E-state index contributed by atoms with van der Waals surface area (Å²) in [4.78, 5) is -0.109. The highest BCUT2D eigenvalue weighted by Crippen LogP contribution is 2.23. The van der Waals surface area contributed by atoms with Crippen LogP contribution in [0.25, 0.3) is 0 Å². The Morgan fingerprint density at radius 2 is 2.00 bits per heavy atom. The van der Waals surface area contributed by atoms with E-state index < -0.39 is 15.4 Å². The highest BCUT2D eigenvalue weighted by molar-refractivity contribution is 7.89. The van der Waals surface area contributed by atoms with E-state index in [1.165, 1.54) is 18.2 Å². The molecule has 0 atom stereocenters.